The highest BCUT2D eigenvalue weighted by atomic mass is 16.7. The summed E-state index contributed by atoms with van der Waals surface area (Å²) in [4.78, 5) is 12.3. The van der Waals surface area contributed by atoms with Crippen LogP contribution in [0.2, 0.25) is 0 Å². The molecule has 2 fully saturated rings. The summed E-state index contributed by atoms with van der Waals surface area (Å²) in [6.07, 6.45) is 0.250. The van der Waals surface area contributed by atoms with Gasteiger partial charge in [-0.25, -0.2) is 0 Å². The maximum atomic E-state index is 12.3. The number of hydrogen-bond donors (Lipinski definition) is 0. The highest BCUT2D eigenvalue weighted by molar-refractivity contribution is 5.74. The molecule has 2 aliphatic heterocycles. The molecule has 0 bridgehead atoms. The van der Waals surface area contributed by atoms with E-state index < -0.39 is 22.8 Å². The number of carbonyl (C=O) groups is 1. The van der Waals surface area contributed by atoms with E-state index in [0.717, 1.165) is 5.06 Å². The Kier molecular flexibility index (Phi) is 4.12. The third-order valence-corrected chi connectivity index (χ3v) is 4.39. The molecule has 0 spiro atoms. The van der Waals surface area contributed by atoms with Crippen LogP contribution >= 0.6 is 0 Å². The van der Waals surface area contributed by atoms with Crippen LogP contribution in [0.15, 0.2) is 0 Å². The van der Waals surface area contributed by atoms with Crippen LogP contribution in [-0.4, -0.2) is 47.2 Å². The van der Waals surface area contributed by atoms with Crippen molar-refractivity contribution in [2.24, 2.45) is 5.92 Å². The summed E-state index contributed by atoms with van der Waals surface area (Å²) >= 11 is 0. The Labute approximate surface area is 126 Å². The van der Waals surface area contributed by atoms with E-state index in [-0.39, 0.29) is 18.7 Å². The lowest BCUT2D eigenvalue weighted by Gasteiger charge is -2.33. The van der Waals surface area contributed by atoms with Crippen molar-refractivity contribution in [1.29, 1.82) is 0 Å². The standard InChI is InChI=1S/C15H26NO5/c1-13(2)7-11(14(3,4)16(13)18)12(17)19-8-10-9-20-15(5,6)21-10/h10-11H,7-9H2,1-6H3. The van der Waals surface area contributed by atoms with Crippen LogP contribution in [0.3, 0.4) is 0 Å². The van der Waals surface area contributed by atoms with Gasteiger partial charge in [-0.1, -0.05) is 0 Å². The van der Waals surface area contributed by atoms with Crippen molar-refractivity contribution in [2.75, 3.05) is 13.2 Å². The molecule has 0 aliphatic carbocycles. The van der Waals surface area contributed by atoms with Crippen molar-refractivity contribution in [3.8, 4) is 0 Å². The minimum absolute atomic E-state index is 0.161. The van der Waals surface area contributed by atoms with Gasteiger partial charge in [-0.05, 0) is 48.0 Å². The van der Waals surface area contributed by atoms with E-state index in [1.165, 1.54) is 0 Å². The minimum Gasteiger partial charge on any atom is -0.463 e. The van der Waals surface area contributed by atoms with Crippen molar-refractivity contribution in [1.82, 2.24) is 5.06 Å². The molecule has 0 aromatic rings. The zero-order valence-electron chi connectivity index (χ0n) is 13.8. The molecular formula is C15H26NO5. The Morgan fingerprint density at radius 1 is 1.24 bits per heavy atom. The second kappa shape index (κ2) is 5.19. The van der Waals surface area contributed by atoms with Gasteiger partial charge in [0.2, 0.25) is 0 Å². The van der Waals surface area contributed by atoms with Crippen LogP contribution in [0.4, 0.5) is 0 Å². The summed E-state index contributed by atoms with van der Waals surface area (Å²) in [5.74, 6) is -1.39. The Morgan fingerprint density at radius 2 is 1.86 bits per heavy atom. The first-order valence-electron chi connectivity index (χ1n) is 7.41. The summed E-state index contributed by atoms with van der Waals surface area (Å²) < 4.78 is 16.4. The van der Waals surface area contributed by atoms with E-state index >= 15 is 0 Å². The number of carbonyl (C=O) groups excluding carboxylic acids is 1. The molecule has 2 heterocycles. The maximum absolute atomic E-state index is 12.3. The fraction of sp³-hybridized carbons (Fsp3) is 0.933. The summed E-state index contributed by atoms with van der Waals surface area (Å²) in [6.45, 7) is 11.5. The molecule has 2 unspecified atom stereocenters. The molecule has 0 aromatic heterocycles. The van der Waals surface area contributed by atoms with Gasteiger partial charge in [0.1, 0.15) is 12.7 Å². The van der Waals surface area contributed by atoms with Crippen LogP contribution in [0, 0.1) is 5.92 Å². The summed E-state index contributed by atoms with van der Waals surface area (Å²) in [6, 6.07) is 0. The van der Waals surface area contributed by atoms with Gasteiger partial charge >= 0.3 is 5.97 Å². The second-order valence-electron chi connectivity index (χ2n) is 7.60. The lowest BCUT2D eigenvalue weighted by Crippen LogP contribution is -2.47. The molecule has 0 amide bonds. The first-order valence-corrected chi connectivity index (χ1v) is 7.41. The van der Waals surface area contributed by atoms with Crippen LogP contribution < -0.4 is 0 Å². The number of esters is 1. The van der Waals surface area contributed by atoms with E-state index in [9.17, 15) is 10.0 Å². The fourth-order valence-electron chi connectivity index (χ4n) is 3.25. The lowest BCUT2D eigenvalue weighted by atomic mass is 9.87. The average molecular weight is 300 g/mol. The Morgan fingerprint density at radius 3 is 2.29 bits per heavy atom. The Hall–Kier alpha value is -0.690. The number of nitrogens with zero attached hydrogens (tertiary/aromatic N) is 1. The largest absolute Gasteiger partial charge is 0.463 e. The quantitative estimate of drug-likeness (QED) is 0.745. The molecule has 6 heteroatoms. The molecule has 0 N–H and O–H groups in total. The SMILES string of the molecule is CC1(C)OCC(COC(=O)C2CC(C)(C)N([O])C2(C)C)O1. The molecule has 2 atom stereocenters. The van der Waals surface area contributed by atoms with Gasteiger partial charge in [0.15, 0.2) is 5.79 Å². The molecule has 1 radical (unpaired) electrons. The maximum Gasteiger partial charge on any atom is 0.311 e. The zero-order chi connectivity index (χ0) is 16.1. The highest BCUT2D eigenvalue weighted by Gasteiger charge is 2.56. The topological polar surface area (TPSA) is 67.9 Å². The third kappa shape index (κ3) is 3.23. The summed E-state index contributed by atoms with van der Waals surface area (Å²) in [7, 11) is 0. The van der Waals surface area contributed by atoms with Gasteiger partial charge in [-0.15, -0.1) is 10.3 Å². The smallest absolute Gasteiger partial charge is 0.311 e. The molecule has 2 aliphatic rings. The Bertz CT molecular complexity index is 418. The van der Waals surface area contributed by atoms with Crippen molar-refractivity contribution >= 4 is 5.97 Å². The average Bonchev–Trinajstić information content (AvgIpc) is 2.78. The molecule has 21 heavy (non-hydrogen) atoms. The normalized spacial score (nSPS) is 34.0. The van der Waals surface area contributed by atoms with Gasteiger partial charge in [0.05, 0.1) is 18.1 Å². The molecular weight excluding hydrogens is 274 g/mol. The molecule has 2 rings (SSSR count). The molecule has 6 nitrogen and oxygen atoms in total. The number of hydroxylamine groups is 2. The molecule has 2 saturated heterocycles. The number of hydrogen-bond acceptors (Lipinski definition) is 5. The van der Waals surface area contributed by atoms with E-state index in [2.05, 4.69) is 0 Å². The van der Waals surface area contributed by atoms with Gasteiger partial charge in [0, 0.05) is 5.54 Å². The van der Waals surface area contributed by atoms with Gasteiger partial charge in [-0.2, -0.15) is 0 Å². The molecule has 121 valence electrons. The zero-order valence-corrected chi connectivity index (χ0v) is 13.8. The van der Waals surface area contributed by atoms with E-state index in [4.69, 9.17) is 14.2 Å². The second-order valence-corrected chi connectivity index (χ2v) is 7.60. The van der Waals surface area contributed by atoms with Crippen LogP contribution in [-0.2, 0) is 24.2 Å². The highest BCUT2D eigenvalue weighted by Crippen LogP contribution is 2.44. The predicted molar refractivity (Wildman–Crippen MR) is 74.7 cm³/mol. The van der Waals surface area contributed by atoms with Gasteiger partial charge in [-0.3, -0.25) is 4.79 Å². The van der Waals surface area contributed by atoms with Crippen LogP contribution in [0.25, 0.3) is 0 Å². The Balaban J connectivity index is 1.92. The van der Waals surface area contributed by atoms with Gasteiger partial charge in [0.25, 0.3) is 0 Å². The fourth-order valence-corrected chi connectivity index (χ4v) is 3.25. The summed E-state index contributed by atoms with van der Waals surface area (Å²) in [5.41, 5.74) is -1.31. The predicted octanol–water partition coefficient (Wildman–Crippen LogP) is 1.91. The van der Waals surface area contributed by atoms with Crippen molar-refractivity contribution in [3.05, 3.63) is 0 Å². The van der Waals surface area contributed by atoms with Crippen molar-refractivity contribution in [2.45, 2.75) is 70.9 Å². The van der Waals surface area contributed by atoms with Crippen molar-refractivity contribution < 1.29 is 24.2 Å². The third-order valence-electron chi connectivity index (χ3n) is 4.39. The van der Waals surface area contributed by atoms with E-state index in [1.54, 1.807) is 13.8 Å². The first kappa shape index (κ1) is 16.7. The minimum atomic E-state index is -0.757. The van der Waals surface area contributed by atoms with Gasteiger partial charge < -0.3 is 14.2 Å². The van der Waals surface area contributed by atoms with Crippen LogP contribution in [0.1, 0.15) is 48.0 Å². The van der Waals surface area contributed by atoms with Crippen molar-refractivity contribution in [3.63, 3.8) is 0 Å². The summed E-state index contributed by atoms with van der Waals surface area (Å²) in [5, 5.41) is 13.3. The van der Waals surface area contributed by atoms with E-state index in [1.807, 2.05) is 27.7 Å². The monoisotopic (exact) mass is 300 g/mol. The molecule has 0 saturated carbocycles. The van der Waals surface area contributed by atoms with E-state index in [0.29, 0.717) is 13.0 Å². The number of rotatable bonds is 3. The molecule has 0 aromatic carbocycles. The first-order chi connectivity index (χ1) is 9.46. The van der Waals surface area contributed by atoms with Crippen LogP contribution in [0.5, 0.6) is 0 Å². The number of ether oxygens (including phenoxy) is 3. The lowest BCUT2D eigenvalue weighted by molar-refractivity contribution is -0.249.